The number of carbonyl (C=O) groups is 8. The van der Waals surface area contributed by atoms with Gasteiger partial charge in [0, 0.05) is 54.3 Å². The van der Waals surface area contributed by atoms with Crippen molar-refractivity contribution in [2.24, 2.45) is 46.8 Å². The highest BCUT2D eigenvalue weighted by molar-refractivity contribution is 6.06. The molecule has 2 N–H and O–H groups in total. The Morgan fingerprint density at radius 1 is 0.549 bits per heavy atom. The molecule has 2 aliphatic rings. The fourth-order valence-electron chi connectivity index (χ4n) is 4.03. The summed E-state index contributed by atoms with van der Waals surface area (Å²) in [5.41, 5.74) is -0.992. The van der Waals surface area contributed by atoms with E-state index in [0.29, 0.717) is 36.7 Å². The van der Waals surface area contributed by atoms with Gasteiger partial charge in [0.25, 0.3) is 0 Å². The molecule has 0 unspecified atom stereocenters. The maximum absolute atomic E-state index is 11.5. The van der Waals surface area contributed by atoms with Crippen LogP contribution in [0.4, 0.5) is 0 Å². The molecule has 0 heterocycles. The topological polar surface area (TPSA) is 177 Å². The van der Waals surface area contributed by atoms with E-state index in [1.165, 1.54) is 19.3 Å². The average molecular weight is 727 g/mol. The van der Waals surface area contributed by atoms with Gasteiger partial charge < -0.3 is 10.2 Å². The van der Waals surface area contributed by atoms with E-state index >= 15 is 0 Å². The minimum absolute atomic E-state index is 0.0161. The molecule has 0 amide bonds. The van der Waals surface area contributed by atoms with Crippen LogP contribution in [0.1, 0.15) is 168 Å². The van der Waals surface area contributed by atoms with E-state index in [-0.39, 0.29) is 71.5 Å². The molecule has 2 fully saturated rings. The van der Waals surface area contributed by atoms with Crippen LogP contribution in [0.3, 0.4) is 0 Å². The van der Waals surface area contributed by atoms with Crippen molar-refractivity contribution in [1.29, 1.82) is 0 Å². The van der Waals surface area contributed by atoms with Crippen LogP contribution in [0.5, 0.6) is 0 Å². The summed E-state index contributed by atoms with van der Waals surface area (Å²) in [5.74, 6) is 0.502. The molecule has 0 bridgehead atoms. The summed E-state index contributed by atoms with van der Waals surface area (Å²) in [4.78, 5) is 85.0. The largest absolute Gasteiger partial charge is 0.481 e. The zero-order valence-corrected chi connectivity index (χ0v) is 34.8. The third kappa shape index (κ3) is 29.3. The van der Waals surface area contributed by atoms with Crippen molar-refractivity contribution in [3.8, 4) is 0 Å². The fraction of sp³-hybridized carbons (Fsp3) is 0.805. The van der Waals surface area contributed by atoms with Crippen LogP contribution >= 0.6 is 0 Å². The van der Waals surface area contributed by atoms with Crippen molar-refractivity contribution in [3.63, 3.8) is 0 Å². The molecule has 2 aliphatic carbocycles. The lowest BCUT2D eigenvalue weighted by molar-refractivity contribution is -0.149. The van der Waals surface area contributed by atoms with Gasteiger partial charge in [0.05, 0.1) is 6.42 Å². The Labute approximate surface area is 309 Å². The SMILES string of the molecule is CC(=O)C(C)C.CC(=O)C(C)C.CC(C)C(=O)C1(C(=O)O)CC1.CC(C)C(=O)C1CCCCC1.CC(C)C(=O)CCC(=O)O.CCC(=O)C(C)C. The maximum Gasteiger partial charge on any atom is 0.317 e. The number of hydrogen-bond acceptors (Lipinski definition) is 8. The van der Waals surface area contributed by atoms with E-state index in [4.69, 9.17) is 10.2 Å². The first-order chi connectivity index (χ1) is 23.2. The van der Waals surface area contributed by atoms with Gasteiger partial charge in [-0.1, -0.05) is 109 Å². The molecule has 0 aromatic heterocycles. The minimum atomic E-state index is -0.992. The summed E-state index contributed by atoms with van der Waals surface area (Å²) >= 11 is 0. The van der Waals surface area contributed by atoms with Crippen LogP contribution in [0.25, 0.3) is 0 Å². The van der Waals surface area contributed by atoms with Gasteiger partial charge in [-0.05, 0) is 39.5 Å². The second kappa shape index (κ2) is 29.5. The van der Waals surface area contributed by atoms with Gasteiger partial charge in [-0.2, -0.15) is 0 Å². The van der Waals surface area contributed by atoms with Crippen LogP contribution in [-0.4, -0.2) is 56.9 Å². The maximum atomic E-state index is 11.5. The van der Waals surface area contributed by atoms with Crippen molar-refractivity contribution in [3.05, 3.63) is 0 Å². The Balaban J connectivity index is -0.000000265. The summed E-state index contributed by atoms with van der Waals surface area (Å²) < 4.78 is 0. The molecule has 0 spiro atoms. The average Bonchev–Trinajstić information content (AvgIpc) is 3.86. The normalized spacial score (nSPS) is 14.2. The highest BCUT2D eigenvalue weighted by atomic mass is 16.4. The Hall–Kier alpha value is -3.04. The van der Waals surface area contributed by atoms with Gasteiger partial charge in [0.15, 0.2) is 5.78 Å². The van der Waals surface area contributed by atoms with E-state index in [2.05, 4.69) is 0 Å². The monoisotopic (exact) mass is 727 g/mol. The molecule has 10 nitrogen and oxygen atoms in total. The quantitative estimate of drug-likeness (QED) is 0.174. The first-order valence-corrected chi connectivity index (χ1v) is 18.8. The summed E-state index contributed by atoms with van der Waals surface area (Å²) in [7, 11) is 0. The van der Waals surface area contributed by atoms with Gasteiger partial charge in [-0.15, -0.1) is 0 Å². The molecule has 0 atom stereocenters. The van der Waals surface area contributed by atoms with E-state index in [1.54, 1.807) is 41.5 Å². The molecular formula is C41H74O10. The number of carboxylic acids is 2. The number of hydrogen-bond donors (Lipinski definition) is 2. The molecule has 51 heavy (non-hydrogen) atoms. The lowest BCUT2D eigenvalue weighted by Crippen LogP contribution is -2.28. The number of carbonyl (C=O) groups excluding carboxylic acids is 6. The van der Waals surface area contributed by atoms with Crippen LogP contribution < -0.4 is 0 Å². The molecule has 298 valence electrons. The predicted octanol–water partition coefficient (Wildman–Crippen LogP) is 9.03. The molecule has 2 rings (SSSR count). The van der Waals surface area contributed by atoms with Crippen molar-refractivity contribution >= 4 is 46.6 Å². The van der Waals surface area contributed by atoms with Crippen LogP contribution in [0.2, 0.25) is 0 Å². The zero-order valence-electron chi connectivity index (χ0n) is 34.8. The lowest BCUT2D eigenvalue weighted by atomic mass is 9.83. The van der Waals surface area contributed by atoms with Crippen molar-refractivity contribution < 1.29 is 48.6 Å². The third-order valence-electron chi connectivity index (χ3n) is 8.58. The zero-order chi connectivity index (χ0) is 41.2. The van der Waals surface area contributed by atoms with Crippen LogP contribution in [0, 0.1) is 46.8 Å². The van der Waals surface area contributed by atoms with E-state index in [0.717, 1.165) is 12.8 Å². The molecule has 10 heteroatoms. The van der Waals surface area contributed by atoms with Gasteiger partial charge in [0.2, 0.25) is 0 Å². The Bertz CT molecular complexity index is 1050. The lowest BCUT2D eigenvalue weighted by Gasteiger charge is -2.21. The Kier molecular flexibility index (Phi) is 31.7. The van der Waals surface area contributed by atoms with Gasteiger partial charge in [-0.3, -0.25) is 38.4 Å². The van der Waals surface area contributed by atoms with Crippen molar-refractivity contribution in [2.75, 3.05) is 0 Å². The summed E-state index contributed by atoms with van der Waals surface area (Å²) in [6, 6.07) is 0. The van der Waals surface area contributed by atoms with Crippen LogP contribution in [0.15, 0.2) is 0 Å². The van der Waals surface area contributed by atoms with Gasteiger partial charge >= 0.3 is 11.9 Å². The molecule has 0 aromatic rings. The van der Waals surface area contributed by atoms with Gasteiger partial charge in [-0.25, -0.2) is 0 Å². The number of rotatable bonds is 13. The Morgan fingerprint density at radius 2 is 0.922 bits per heavy atom. The van der Waals surface area contributed by atoms with Gasteiger partial charge in [0.1, 0.15) is 34.3 Å². The molecular weight excluding hydrogens is 652 g/mol. The number of aliphatic carboxylic acids is 2. The second-order valence-corrected chi connectivity index (χ2v) is 15.3. The number of carboxylic acid groups (broad SMARTS) is 2. The predicted molar refractivity (Wildman–Crippen MR) is 203 cm³/mol. The molecule has 0 aromatic carbocycles. The fourth-order valence-corrected chi connectivity index (χ4v) is 4.03. The summed E-state index contributed by atoms with van der Waals surface area (Å²) in [6.45, 7) is 27.5. The molecule has 0 saturated heterocycles. The highest BCUT2D eigenvalue weighted by Gasteiger charge is 2.56. The first-order valence-electron chi connectivity index (χ1n) is 18.8. The second-order valence-electron chi connectivity index (χ2n) is 15.3. The smallest absolute Gasteiger partial charge is 0.317 e. The number of Topliss-reactive ketones (excluding diaryl/α,β-unsaturated/α-hetero) is 6. The first kappa shape index (κ1) is 54.7. The molecule has 0 radical (unpaired) electrons. The third-order valence-corrected chi connectivity index (χ3v) is 8.58. The van der Waals surface area contributed by atoms with Crippen molar-refractivity contribution in [1.82, 2.24) is 0 Å². The van der Waals surface area contributed by atoms with E-state index in [1.807, 2.05) is 62.3 Å². The minimum Gasteiger partial charge on any atom is -0.481 e. The summed E-state index contributed by atoms with van der Waals surface area (Å²) in [5, 5.41) is 16.9. The van der Waals surface area contributed by atoms with E-state index < -0.39 is 17.4 Å². The molecule has 0 aliphatic heterocycles. The van der Waals surface area contributed by atoms with E-state index in [9.17, 15) is 38.4 Å². The van der Waals surface area contributed by atoms with Crippen LogP contribution in [-0.2, 0) is 38.4 Å². The van der Waals surface area contributed by atoms with Crippen molar-refractivity contribution in [2.45, 2.75) is 168 Å². The molecule has 2 saturated carbocycles. The standard InChI is InChI=1S/C10H18O.C8H12O3.C7H12O3.C6H12O.2C5H10O/c1-8(2)10(11)9-6-4-3-5-7-9;1-5(2)6(9)8(3-4-8)7(10)11;1-5(2)6(8)3-4-7(9)10;1-4-6(7)5(2)3;2*1-4(2)5(3)6/h8-9H,3-7H2,1-2H3;5H,3-4H2,1-2H3,(H,10,11);5H,3-4H2,1-2H3,(H,9,10);5H,4H2,1-3H3;2*4H,1-3H3. The summed E-state index contributed by atoms with van der Waals surface area (Å²) in [6.07, 6.45) is 8.02. The highest BCUT2D eigenvalue weighted by Crippen LogP contribution is 2.48. The Morgan fingerprint density at radius 3 is 1.10 bits per heavy atom. The number of ketones is 6.